The molecule has 0 aliphatic carbocycles. The van der Waals surface area contributed by atoms with Gasteiger partial charge >= 0.3 is 0 Å². The zero-order valence-electron chi connectivity index (χ0n) is 9.21. The summed E-state index contributed by atoms with van der Waals surface area (Å²) < 4.78 is 0. The van der Waals surface area contributed by atoms with Gasteiger partial charge in [0.15, 0.2) is 0 Å². The number of nitrogens with zero attached hydrogens (tertiary/aromatic N) is 1. The van der Waals surface area contributed by atoms with Gasteiger partial charge in [-0.05, 0) is 50.0 Å². The summed E-state index contributed by atoms with van der Waals surface area (Å²) in [4.78, 5) is 0. The Kier molecular flexibility index (Phi) is 2.12. The van der Waals surface area contributed by atoms with Gasteiger partial charge in [-0.1, -0.05) is 6.07 Å². The van der Waals surface area contributed by atoms with Crippen LogP contribution in [0.3, 0.4) is 0 Å². The van der Waals surface area contributed by atoms with E-state index in [1.165, 1.54) is 24.1 Å². The molecule has 0 aromatic heterocycles. The summed E-state index contributed by atoms with van der Waals surface area (Å²) in [6, 6.07) is 8.19. The first-order valence-corrected chi connectivity index (χ1v) is 5.83. The summed E-state index contributed by atoms with van der Waals surface area (Å²) in [6.45, 7) is 2.18. The van der Waals surface area contributed by atoms with Crippen molar-refractivity contribution in [1.29, 1.82) is 5.26 Å². The van der Waals surface area contributed by atoms with Gasteiger partial charge in [0.25, 0.3) is 0 Å². The van der Waals surface area contributed by atoms with E-state index >= 15 is 0 Å². The van der Waals surface area contributed by atoms with Crippen LogP contribution in [0, 0.1) is 11.3 Å². The summed E-state index contributed by atoms with van der Waals surface area (Å²) in [6.07, 6.45) is 3.45. The molecule has 1 aromatic rings. The smallest absolute Gasteiger partial charge is 0.0992 e. The fraction of sp³-hybridized carbons (Fsp3) is 0.462. The number of hydrogen-bond acceptors (Lipinski definition) is 3. The zero-order valence-corrected chi connectivity index (χ0v) is 9.21. The normalized spacial score (nSPS) is 21.2. The molecule has 2 aliphatic rings. The molecular weight excluding hydrogens is 198 g/mol. The van der Waals surface area contributed by atoms with Crippen LogP contribution in [-0.4, -0.2) is 18.6 Å². The van der Waals surface area contributed by atoms with Gasteiger partial charge in [-0.15, -0.1) is 0 Å². The minimum absolute atomic E-state index is 0.252. The lowest BCUT2D eigenvalue weighted by Crippen LogP contribution is -2.46. The monoisotopic (exact) mass is 213 g/mol. The van der Waals surface area contributed by atoms with Crippen LogP contribution in [0.2, 0.25) is 0 Å². The van der Waals surface area contributed by atoms with Crippen LogP contribution in [0.4, 0.5) is 5.69 Å². The van der Waals surface area contributed by atoms with Gasteiger partial charge in [0, 0.05) is 11.2 Å². The van der Waals surface area contributed by atoms with Crippen LogP contribution >= 0.6 is 0 Å². The van der Waals surface area contributed by atoms with Gasteiger partial charge in [-0.2, -0.15) is 5.26 Å². The molecule has 3 rings (SSSR count). The van der Waals surface area contributed by atoms with Crippen molar-refractivity contribution in [2.75, 3.05) is 18.4 Å². The fourth-order valence-corrected chi connectivity index (χ4v) is 2.82. The van der Waals surface area contributed by atoms with E-state index in [2.05, 4.69) is 22.8 Å². The summed E-state index contributed by atoms with van der Waals surface area (Å²) in [5, 5.41) is 15.9. The third-order valence-electron chi connectivity index (χ3n) is 3.73. The van der Waals surface area contributed by atoms with Crippen molar-refractivity contribution in [3.8, 4) is 6.07 Å². The highest BCUT2D eigenvalue weighted by Gasteiger charge is 2.37. The molecule has 0 saturated carbocycles. The number of nitrogens with one attached hydrogen (secondary N) is 2. The van der Waals surface area contributed by atoms with Crippen molar-refractivity contribution < 1.29 is 0 Å². The predicted octanol–water partition coefficient (Wildman–Crippen LogP) is 1.65. The Hall–Kier alpha value is -1.53. The van der Waals surface area contributed by atoms with Gasteiger partial charge in [0.05, 0.1) is 11.6 Å². The molecule has 1 saturated heterocycles. The molecule has 0 unspecified atom stereocenters. The van der Waals surface area contributed by atoms with Gasteiger partial charge in [0.1, 0.15) is 0 Å². The van der Waals surface area contributed by atoms with Crippen LogP contribution in [0.15, 0.2) is 18.2 Å². The summed E-state index contributed by atoms with van der Waals surface area (Å²) in [7, 11) is 0. The van der Waals surface area contributed by atoms with Gasteiger partial charge in [-0.25, -0.2) is 0 Å². The highest BCUT2D eigenvalue weighted by Crippen LogP contribution is 2.37. The molecule has 2 aliphatic heterocycles. The van der Waals surface area contributed by atoms with Crippen LogP contribution in [-0.2, 0) is 6.42 Å². The van der Waals surface area contributed by atoms with E-state index in [9.17, 15) is 0 Å². The van der Waals surface area contributed by atoms with Crippen LogP contribution < -0.4 is 10.6 Å². The molecule has 0 atom stereocenters. The van der Waals surface area contributed by atoms with Crippen molar-refractivity contribution >= 4 is 5.69 Å². The number of nitriles is 1. The minimum Gasteiger partial charge on any atom is -0.379 e. The highest BCUT2D eigenvalue weighted by atomic mass is 15.0. The lowest BCUT2D eigenvalue weighted by molar-refractivity contribution is 0.348. The second kappa shape index (κ2) is 3.50. The van der Waals surface area contributed by atoms with Crippen LogP contribution in [0.25, 0.3) is 0 Å². The average Bonchev–Trinajstić information content (AvgIpc) is 2.66. The van der Waals surface area contributed by atoms with Crippen molar-refractivity contribution in [2.24, 2.45) is 0 Å². The van der Waals surface area contributed by atoms with E-state index in [0.29, 0.717) is 0 Å². The molecule has 0 amide bonds. The summed E-state index contributed by atoms with van der Waals surface area (Å²) >= 11 is 0. The number of benzene rings is 1. The standard InChI is InChI=1S/C13H15N3/c14-9-10-1-2-11-8-13(16-12(11)7-10)3-5-15-6-4-13/h1-2,7,15-16H,3-6,8H2. The minimum atomic E-state index is 0.252. The van der Waals surface area contributed by atoms with Crippen molar-refractivity contribution in [3.05, 3.63) is 29.3 Å². The first-order valence-electron chi connectivity index (χ1n) is 5.83. The van der Waals surface area contributed by atoms with Crippen LogP contribution in [0.1, 0.15) is 24.0 Å². The van der Waals surface area contributed by atoms with Crippen LogP contribution in [0.5, 0.6) is 0 Å². The quantitative estimate of drug-likeness (QED) is 0.689. The van der Waals surface area contributed by atoms with E-state index in [0.717, 1.165) is 25.1 Å². The molecule has 1 spiro atoms. The second-order valence-electron chi connectivity index (χ2n) is 4.82. The Morgan fingerprint density at radius 1 is 1.25 bits per heavy atom. The van der Waals surface area contributed by atoms with E-state index in [-0.39, 0.29) is 5.54 Å². The summed E-state index contributed by atoms with van der Waals surface area (Å²) in [5.41, 5.74) is 3.53. The first-order chi connectivity index (χ1) is 7.81. The third kappa shape index (κ3) is 1.46. The molecule has 1 fully saturated rings. The maximum atomic E-state index is 8.88. The van der Waals surface area contributed by atoms with Gasteiger partial charge in [0.2, 0.25) is 0 Å². The Labute approximate surface area is 95.5 Å². The number of hydrogen-bond donors (Lipinski definition) is 2. The summed E-state index contributed by atoms with van der Waals surface area (Å²) in [5.74, 6) is 0. The van der Waals surface area contributed by atoms with Crippen molar-refractivity contribution in [3.63, 3.8) is 0 Å². The van der Waals surface area contributed by atoms with Crippen molar-refractivity contribution in [1.82, 2.24) is 5.32 Å². The number of piperidine rings is 1. The SMILES string of the molecule is N#Cc1ccc2c(c1)NC1(CCNCC1)C2. The Bertz CT molecular complexity index is 453. The van der Waals surface area contributed by atoms with Crippen molar-refractivity contribution in [2.45, 2.75) is 24.8 Å². The zero-order chi connectivity index (χ0) is 11.0. The van der Waals surface area contributed by atoms with E-state index < -0.39 is 0 Å². The average molecular weight is 213 g/mol. The Morgan fingerprint density at radius 3 is 2.81 bits per heavy atom. The number of rotatable bonds is 0. The molecule has 0 bridgehead atoms. The molecule has 2 N–H and O–H groups in total. The Morgan fingerprint density at radius 2 is 2.06 bits per heavy atom. The van der Waals surface area contributed by atoms with E-state index in [4.69, 9.17) is 5.26 Å². The topological polar surface area (TPSA) is 47.9 Å². The molecule has 3 heteroatoms. The molecule has 0 radical (unpaired) electrons. The highest BCUT2D eigenvalue weighted by molar-refractivity contribution is 5.62. The third-order valence-corrected chi connectivity index (χ3v) is 3.73. The van der Waals surface area contributed by atoms with Gasteiger partial charge < -0.3 is 10.6 Å². The van der Waals surface area contributed by atoms with Gasteiger partial charge in [-0.3, -0.25) is 0 Å². The predicted molar refractivity (Wildman–Crippen MR) is 63.3 cm³/mol. The first kappa shape index (κ1) is 9.68. The number of fused-ring (bicyclic) bond motifs is 1. The molecular formula is C13H15N3. The lowest BCUT2D eigenvalue weighted by atomic mass is 9.86. The largest absolute Gasteiger partial charge is 0.379 e. The molecule has 1 aromatic carbocycles. The Balaban J connectivity index is 1.91. The second-order valence-corrected chi connectivity index (χ2v) is 4.82. The molecule has 16 heavy (non-hydrogen) atoms. The maximum absolute atomic E-state index is 8.88. The van der Waals surface area contributed by atoms with E-state index in [1.54, 1.807) is 0 Å². The van der Waals surface area contributed by atoms with E-state index in [1.807, 2.05) is 12.1 Å². The molecule has 3 nitrogen and oxygen atoms in total. The number of anilines is 1. The lowest BCUT2D eigenvalue weighted by Gasteiger charge is -2.34. The maximum Gasteiger partial charge on any atom is 0.0992 e. The fourth-order valence-electron chi connectivity index (χ4n) is 2.82. The molecule has 2 heterocycles. The molecule has 82 valence electrons.